The number of rotatable bonds is 2. The standard InChI is InChI=1S/C27H26BNO2S/c1-26(2)27(3,4)31-28(30-26)18-15-13-17(14-16-18)23-19-9-5-6-10-20(19)25-24(29-23)21-11-7-8-12-22(21)32-25/h5-16,23,29H,1-4H3. The predicted molar refractivity (Wildman–Crippen MR) is 135 cm³/mol. The second-order valence-electron chi connectivity index (χ2n) is 9.72. The van der Waals surface area contributed by atoms with Crippen LogP contribution in [-0.4, -0.2) is 18.3 Å². The summed E-state index contributed by atoms with van der Waals surface area (Å²) in [5, 5.41) is 5.15. The molecule has 5 heteroatoms. The fourth-order valence-corrected chi connectivity index (χ4v) is 5.86. The molecule has 2 aliphatic rings. The van der Waals surface area contributed by atoms with Crippen molar-refractivity contribution in [1.82, 2.24) is 0 Å². The zero-order valence-electron chi connectivity index (χ0n) is 18.8. The largest absolute Gasteiger partial charge is 0.494 e. The number of fused-ring (bicyclic) bond motifs is 5. The van der Waals surface area contributed by atoms with Crippen molar-refractivity contribution in [2.75, 3.05) is 5.32 Å². The minimum atomic E-state index is -0.340. The zero-order chi connectivity index (χ0) is 22.1. The summed E-state index contributed by atoms with van der Waals surface area (Å²) in [6, 6.07) is 26.2. The van der Waals surface area contributed by atoms with Crippen LogP contribution in [0.5, 0.6) is 0 Å². The van der Waals surface area contributed by atoms with Gasteiger partial charge < -0.3 is 14.6 Å². The summed E-state index contributed by atoms with van der Waals surface area (Å²) in [6.45, 7) is 8.36. The van der Waals surface area contributed by atoms with E-state index in [2.05, 4.69) is 106 Å². The Bertz CT molecular complexity index is 1310. The summed E-state index contributed by atoms with van der Waals surface area (Å²) in [5.74, 6) is 0. The highest BCUT2D eigenvalue weighted by atomic mass is 32.1. The number of hydrogen-bond acceptors (Lipinski definition) is 4. The van der Waals surface area contributed by atoms with Crippen LogP contribution in [0.1, 0.15) is 44.9 Å². The first-order chi connectivity index (χ1) is 15.3. The average molecular weight is 439 g/mol. The van der Waals surface area contributed by atoms with Crippen LogP contribution >= 0.6 is 11.3 Å². The van der Waals surface area contributed by atoms with Gasteiger partial charge in [0.1, 0.15) is 0 Å². The van der Waals surface area contributed by atoms with Crippen molar-refractivity contribution in [3.05, 3.63) is 83.9 Å². The normalized spacial score (nSPS) is 20.6. The molecule has 0 bridgehead atoms. The van der Waals surface area contributed by atoms with Gasteiger partial charge in [-0.15, -0.1) is 11.3 Å². The van der Waals surface area contributed by atoms with E-state index in [-0.39, 0.29) is 24.4 Å². The third kappa shape index (κ3) is 2.96. The molecule has 4 aromatic rings. The summed E-state index contributed by atoms with van der Waals surface area (Å²) in [4.78, 5) is 1.33. The summed E-state index contributed by atoms with van der Waals surface area (Å²) in [7, 11) is -0.340. The minimum absolute atomic E-state index is 0.101. The van der Waals surface area contributed by atoms with Gasteiger partial charge in [0.05, 0.1) is 27.8 Å². The van der Waals surface area contributed by atoms with Crippen LogP contribution in [0.15, 0.2) is 72.8 Å². The van der Waals surface area contributed by atoms with Gasteiger partial charge in [0.15, 0.2) is 0 Å². The van der Waals surface area contributed by atoms with Gasteiger partial charge in [0.25, 0.3) is 0 Å². The van der Waals surface area contributed by atoms with Gasteiger partial charge in [0, 0.05) is 10.1 Å². The van der Waals surface area contributed by atoms with Crippen molar-refractivity contribution in [1.29, 1.82) is 0 Å². The molecule has 1 saturated heterocycles. The monoisotopic (exact) mass is 439 g/mol. The highest BCUT2D eigenvalue weighted by Gasteiger charge is 2.51. The summed E-state index contributed by atoms with van der Waals surface area (Å²) < 4.78 is 13.8. The fourth-order valence-electron chi connectivity index (χ4n) is 4.64. The van der Waals surface area contributed by atoms with E-state index < -0.39 is 0 Å². The maximum atomic E-state index is 6.24. The number of nitrogens with one attached hydrogen (secondary N) is 1. The van der Waals surface area contributed by atoms with Gasteiger partial charge in [-0.05, 0) is 55.9 Å². The van der Waals surface area contributed by atoms with Gasteiger partial charge in [0.2, 0.25) is 0 Å². The lowest BCUT2D eigenvalue weighted by Gasteiger charge is -2.32. The fraction of sp³-hybridized carbons (Fsp3) is 0.259. The lowest BCUT2D eigenvalue weighted by Crippen LogP contribution is -2.41. The molecular weight excluding hydrogens is 413 g/mol. The molecule has 1 aromatic heterocycles. The van der Waals surface area contributed by atoms with Crippen molar-refractivity contribution < 1.29 is 9.31 Å². The molecule has 0 spiro atoms. The molecule has 1 unspecified atom stereocenters. The second kappa shape index (κ2) is 6.95. The van der Waals surface area contributed by atoms with Gasteiger partial charge in [-0.3, -0.25) is 0 Å². The van der Waals surface area contributed by atoms with Gasteiger partial charge in [-0.1, -0.05) is 66.7 Å². The van der Waals surface area contributed by atoms with E-state index >= 15 is 0 Å². The van der Waals surface area contributed by atoms with E-state index in [0.717, 1.165) is 5.46 Å². The molecular formula is C27H26BNO2S. The van der Waals surface area contributed by atoms with E-state index in [0.29, 0.717) is 0 Å². The van der Waals surface area contributed by atoms with E-state index in [1.54, 1.807) is 0 Å². The highest BCUT2D eigenvalue weighted by molar-refractivity contribution is 7.23. The van der Waals surface area contributed by atoms with Crippen molar-refractivity contribution in [3.8, 4) is 10.4 Å². The molecule has 0 saturated carbocycles. The summed E-state index contributed by atoms with van der Waals surface area (Å²) >= 11 is 1.86. The second-order valence-corrected chi connectivity index (χ2v) is 10.8. The number of thiophene rings is 1. The van der Waals surface area contributed by atoms with Crippen molar-refractivity contribution in [3.63, 3.8) is 0 Å². The van der Waals surface area contributed by atoms with Crippen molar-refractivity contribution in [2.24, 2.45) is 0 Å². The lowest BCUT2D eigenvalue weighted by atomic mass is 9.78. The Morgan fingerprint density at radius 2 is 1.47 bits per heavy atom. The van der Waals surface area contributed by atoms with E-state index in [9.17, 15) is 0 Å². The third-order valence-electron chi connectivity index (χ3n) is 7.20. The quantitative estimate of drug-likeness (QED) is 0.368. The van der Waals surface area contributed by atoms with Crippen LogP contribution in [0.3, 0.4) is 0 Å². The molecule has 3 heterocycles. The van der Waals surface area contributed by atoms with Crippen LogP contribution in [-0.2, 0) is 9.31 Å². The Labute approximate surface area is 193 Å². The maximum absolute atomic E-state index is 6.24. The van der Waals surface area contributed by atoms with E-state index in [1.807, 2.05) is 11.3 Å². The molecule has 1 atom stereocenters. The molecule has 0 radical (unpaired) electrons. The molecule has 3 aromatic carbocycles. The Hall–Kier alpha value is -2.60. The van der Waals surface area contributed by atoms with Gasteiger partial charge in [-0.25, -0.2) is 0 Å². The van der Waals surface area contributed by atoms with Gasteiger partial charge >= 0.3 is 7.12 Å². The first-order valence-corrected chi connectivity index (χ1v) is 12.0. The third-order valence-corrected chi connectivity index (χ3v) is 8.40. The van der Waals surface area contributed by atoms with Crippen LogP contribution in [0.4, 0.5) is 5.69 Å². The molecule has 0 aliphatic carbocycles. The summed E-state index contributed by atoms with van der Waals surface area (Å²) in [5.41, 5.74) is 5.49. The zero-order valence-corrected chi connectivity index (χ0v) is 19.6. The molecule has 3 nitrogen and oxygen atoms in total. The van der Waals surface area contributed by atoms with Crippen LogP contribution in [0.25, 0.3) is 20.5 Å². The lowest BCUT2D eigenvalue weighted by molar-refractivity contribution is 0.00578. The minimum Gasteiger partial charge on any atom is -0.399 e. The number of hydrogen-bond donors (Lipinski definition) is 1. The average Bonchev–Trinajstić information content (AvgIpc) is 3.27. The molecule has 1 N–H and O–H groups in total. The maximum Gasteiger partial charge on any atom is 0.494 e. The van der Waals surface area contributed by atoms with E-state index in [1.165, 1.54) is 37.3 Å². The SMILES string of the molecule is CC1(C)OB(c2ccc(C3Nc4c(sc5ccccc45)-c4ccccc43)cc2)OC1(C)C. The number of benzene rings is 3. The molecule has 160 valence electrons. The highest BCUT2D eigenvalue weighted by Crippen LogP contribution is 2.50. The summed E-state index contributed by atoms with van der Waals surface area (Å²) in [6.07, 6.45) is 0. The molecule has 2 aliphatic heterocycles. The Morgan fingerprint density at radius 3 is 2.22 bits per heavy atom. The van der Waals surface area contributed by atoms with Crippen molar-refractivity contribution in [2.45, 2.75) is 44.9 Å². The predicted octanol–water partition coefficient (Wildman–Crippen LogP) is 6.38. The first-order valence-electron chi connectivity index (χ1n) is 11.2. The Balaban J connectivity index is 1.38. The first kappa shape index (κ1) is 20.0. The van der Waals surface area contributed by atoms with Crippen LogP contribution in [0, 0.1) is 0 Å². The number of anilines is 1. The Morgan fingerprint density at radius 1 is 0.812 bits per heavy atom. The molecule has 6 rings (SSSR count). The topological polar surface area (TPSA) is 30.5 Å². The van der Waals surface area contributed by atoms with Crippen LogP contribution in [0.2, 0.25) is 0 Å². The molecule has 0 amide bonds. The van der Waals surface area contributed by atoms with Crippen molar-refractivity contribution >= 4 is 39.7 Å². The smallest absolute Gasteiger partial charge is 0.399 e. The van der Waals surface area contributed by atoms with E-state index in [4.69, 9.17) is 9.31 Å². The van der Waals surface area contributed by atoms with Gasteiger partial charge in [-0.2, -0.15) is 0 Å². The molecule has 32 heavy (non-hydrogen) atoms. The van der Waals surface area contributed by atoms with Crippen LogP contribution < -0.4 is 10.8 Å². The molecule has 1 fully saturated rings. The Kier molecular flexibility index (Phi) is 4.35.